The van der Waals surface area contributed by atoms with Gasteiger partial charge in [-0.1, -0.05) is 0 Å². The summed E-state index contributed by atoms with van der Waals surface area (Å²) in [7, 11) is -1.74. The number of hydrogen-bond acceptors (Lipinski definition) is 9. The van der Waals surface area contributed by atoms with Crippen LogP contribution in [0.3, 0.4) is 0 Å². The summed E-state index contributed by atoms with van der Waals surface area (Å²) in [6, 6.07) is 2.45. The molecule has 0 radical (unpaired) electrons. The fraction of sp³-hybridized carbons (Fsp3) is 0.286. The molecule has 12 heteroatoms. The van der Waals surface area contributed by atoms with E-state index in [-0.39, 0.29) is 33.5 Å². The normalized spacial score (nSPS) is 11.2. The second-order valence-corrected chi connectivity index (χ2v) is 6.79. The van der Waals surface area contributed by atoms with E-state index in [2.05, 4.69) is 14.6 Å². The van der Waals surface area contributed by atoms with Gasteiger partial charge in [-0.25, -0.2) is 18.2 Å². The Morgan fingerprint density at radius 2 is 2.00 bits per heavy atom. The van der Waals surface area contributed by atoms with Gasteiger partial charge < -0.3 is 9.15 Å². The number of aromatic nitrogens is 1. The summed E-state index contributed by atoms with van der Waals surface area (Å²) in [6.07, 6.45) is 0.993. The minimum absolute atomic E-state index is 0.0143. The Morgan fingerprint density at radius 1 is 1.35 bits per heavy atom. The van der Waals surface area contributed by atoms with Crippen LogP contribution < -0.4 is 9.84 Å². The number of nitrogens with one attached hydrogen (secondary N) is 1. The average Bonchev–Trinajstić information content (AvgIpc) is 2.88. The van der Waals surface area contributed by atoms with Gasteiger partial charge in [0, 0.05) is 13.1 Å². The molecule has 0 aliphatic heterocycles. The molecule has 11 nitrogen and oxygen atoms in total. The average molecular weight is 384 g/mol. The minimum atomic E-state index is -4.22. The highest BCUT2D eigenvalue weighted by Gasteiger charge is 2.32. The molecule has 0 saturated heterocycles. The van der Waals surface area contributed by atoms with E-state index < -0.39 is 20.9 Å². The molecule has 0 aliphatic rings. The second kappa shape index (κ2) is 7.09. The summed E-state index contributed by atoms with van der Waals surface area (Å²) in [5.41, 5.74) is -0.443. The molecule has 0 aliphatic carbocycles. The number of ether oxygens (including phenoxy) is 1. The lowest BCUT2D eigenvalue weighted by molar-refractivity contribution is -0.385. The van der Waals surface area contributed by atoms with Gasteiger partial charge in [0.25, 0.3) is 15.7 Å². The number of carbonyl (C=O) groups excluding carboxylic acids is 1. The van der Waals surface area contributed by atoms with Gasteiger partial charge in [0.15, 0.2) is 0 Å². The molecule has 0 saturated carbocycles. The standard InChI is InChI=1S/C14H16N4O7S/c1-8-12(14(19)24-4)13(9(2)25-8)26(22,23)16-17(3)11-6-5-10(7-15-11)18(20)21/h5-7,16H,1-4H3. The quantitative estimate of drug-likeness (QED) is 0.442. The van der Waals surface area contributed by atoms with Crippen molar-refractivity contribution in [2.45, 2.75) is 18.7 Å². The van der Waals surface area contributed by atoms with Crippen molar-refractivity contribution in [1.29, 1.82) is 0 Å². The van der Waals surface area contributed by atoms with Crippen molar-refractivity contribution in [3.63, 3.8) is 0 Å². The zero-order valence-electron chi connectivity index (χ0n) is 14.3. The first-order chi connectivity index (χ1) is 12.1. The maximum atomic E-state index is 12.7. The summed E-state index contributed by atoms with van der Waals surface area (Å²) in [6.45, 7) is 2.85. The van der Waals surface area contributed by atoms with Crippen LogP contribution in [-0.2, 0) is 14.8 Å². The van der Waals surface area contributed by atoms with Gasteiger partial charge >= 0.3 is 5.97 Å². The molecule has 140 valence electrons. The third-order valence-corrected chi connectivity index (χ3v) is 4.95. The third kappa shape index (κ3) is 3.65. The van der Waals surface area contributed by atoms with Gasteiger partial charge in [-0.15, -0.1) is 4.83 Å². The number of nitrogens with zero attached hydrogens (tertiary/aromatic N) is 3. The molecule has 2 aromatic rings. The van der Waals surface area contributed by atoms with Gasteiger partial charge in [-0.05, 0) is 19.9 Å². The van der Waals surface area contributed by atoms with Crippen LogP contribution >= 0.6 is 0 Å². The molecule has 0 aromatic carbocycles. The van der Waals surface area contributed by atoms with Crippen LogP contribution in [0.2, 0.25) is 0 Å². The number of furan rings is 1. The van der Waals surface area contributed by atoms with E-state index in [4.69, 9.17) is 4.42 Å². The van der Waals surface area contributed by atoms with Gasteiger partial charge in [-0.3, -0.25) is 15.1 Å². The van der Waals surface area contributed by atoms with Crippen molar-refractivity contribution in [3.8, 4) is 0 Å². The van der Waals surface area contributed by atoms with Crippen molar-refractivity contribution in [2.24, 2.45) is 0 Å². The molecule has 0 bridgehead atoms. The molecule has 0 atom stereocenters. The SMILES string of the molecule is COC(=O)c1c(C)oc(C)c1S(=O)(=O)NN(C)c1ccc([N+](=O)[O-])cn1. The Kier molecular flexibility index (Phi) is 5.28. The second-order valence-electron chi connectivity index (χ2n) is 5.20. The summed E-state index contributed by atoms with van der Waals surface area (Å²) >= 11 is 0. The number of hydrogen-bond donors (Lipinski definition) is 1. The van der Waals surface area contributed by atoms with Crippen molar-refractivity contribution in [2.75, 3.05) is 19.2 Å². The molecular weight excluding hydrogens is 368 g/mol. The van der Waals surface area contributed by atoms with Crippen LogP contribution in [0.5, 0.6) is 0 Å². The lowest BCUT2D eigenvalue weighted by atomic mass is 10.2. The largest absolute Gasteiger partial charge is 0.465 e. The Labute approximate surface area is 148 Å². The highest BCUT2D eigenvalue weighted by Crippen LogP contribution is 2.27. The van der Waals surface area contributed by atoms with E-state index in [0.29, 0.717) is 0 Å². The number of carbonyl (C=O) groups is 1. The maximum Gasteiger partial charge on any atom is 0.342 e. The molecule has 2 rings (SSSR count). The zero-order valence-corrected chi connectivity index (χ0v) is 15.2. The molecular formula is C14H16N4O7S. The molecule has 0 spiro atoms. The number of aryl methyl sites for hydroxylation is 2. The van der Waals surface area contributed by atoms with E-state index in [1.165, 1.54) is 33.0 Å². The molecule has 2 heterocycles. The van der Waals surface area contributed by atoms with E-state index in [0.717, 1.165) is 18.3 Å². The van der Waals surface area contributed by atoms with Crippen molar-refractivity contribution >= 4 is 27.5 Å². The molecule has 0 amide bonds. The van der Waals surface area contributed by atoms with Crippen molar-refractivity contribution in [3.05, 3.63) is 45.5 Å². The predicted octanol–water partition coefficient (Wildman–Crippen LogP) is 1.32. The van der Waals surface area contributed by atoms with Crippen molar-refractivity contribution < 1.29 is 27.3 Å². The van der Waals surface area contributed by atoms with Crippen LogP contribution in [0.1, 0.15) is 21.9 Å². The monoisotopic (exact) mass is 384 g/mol. The van der Waals surface area contributed by atoms with Crippen LogP contribution in [0.15, 0.2) is 27.6 Å². The van der Waals surface area contributed by atoms with Crippen LogP contribution in [0.4, 0.5) is 11.5 Å². The van der Waals surface area contributed by atoms with Gasteiger partial charge in [0.2, 0.25) is 0 Å². The topological polar surface area (TPSA) is 145 Å². The number of rotatable bonds is 6. The summed E-state index contributed by atoms with van der Waals surface area (Å²) in [4.78, 5) is 27.6. The number of methoxy groups -OCH3 is 1. The highest BCUT2D eigenvalue weighted by molar-refractivity contribution is 7.89. The summed E-state index contributed by atoms with van der Waals surface area (Å²) in [5, 5.41) is 11.7. The lowest BCUT2D eigenvalue weighted by Gasteiger charge is -2.19. The number of esters is 1. The van der Waals surface area contributed by atoms with Gasteiger partial charge in [0.05, 0.1) is 12.0 Å². The smallest absolute Gasteiger partial charge is 0.342 e. The number of pyridine rings is 1. The predicted molar refractivity (Wildman–Crippen MR) is 89.1 cm³/mol. The van der Waals surface area contributed by atoms with Crippen LogP contribution in [-0.4, -0.2) is 38.5 Å². The first-order valence-corrected chi connectivity index (χ1v) is 8.61. The van der Waals surface area contributed by atoms with Gasteiger partial charge in [-0.2, -0.15) is 0 Å². The third-order valence-electron chi connectivity index (χ3n) is 3.41. The van der Waals surface area contributed by atoms with Crippen LogP contribution in [0.25, 0.3) is 0 Å². The fourth-order valence-electron chi connectivity index (χ4n) is 2.28. The Bertz CT molecular complexity index is 950. The highest BCUT2D eigenvalue weighted by atomic mass is 32.2. The molecule has 26 heavy (non-hydrogen) atoms. The fourth-order valence-corrected chi connectivity index (χ4v) is 3.74. The van der Waals surface area contributed by atoms with Crippen molar-refractivity contribution in [1.82, 2.24) is 9.82 Å². The van der Waals surface area contributed by atoms with E-state index in [1.54, 1.807) is 0 Å². The number of anilines is 1. The minimum Gasteiger partial charge on any atom is -0.465 e. The lowest BCUT2D eigenvalue weighted by Crippen LogP contribution is -2.40. The Hall–Kier alpha value is -2.99. The first-order valence-electron chi connectivity index (χ1n) is 7.13. The van der Waals surface area contributed by atoms with E-state index in [1.807, 2.05) is 0 Å². The molecule has 0 fully saturated rings. The Morgan fingerprint density at radius 3 is 2.50 bits per heavy atom. The van der Waals surface area contributed by atoms with E-state index >= 15 is 0 Å². The molecule has 2 aromatic heterocycles. The molecule has 0 unspecified atom stereocenters. The number of hydrazine groups is 1. The number of sulfonamides is 1. The van der Waals surface area contributed by atoms with Crippen LogP contribution in [0, 0.1) is 24.0 Å². The molecule has 1 N–H and O–H groups in total. The Balaban J connectivity index is 2.37. The number of nitro groups is 1. The van der Waals surface area contributed by atoms with E-state index in [9.17, 15) is 23.3 Å². The zero-order chi connectivity index (χ0) is 19.6. The summed E-state index contributed by atoms with van der Waals surface area (Å²) in [5.74, 6) is -0.626. The summed E-state index contributed by atoms with van der Waals surface area (Å²) < 4.78 is 35.3. The van der Waals surface area contributed by atoms with Gasteiger partial charge in [0.1, 0.15) is 34.0 Å². The first kappa shape index (κ1) is 19.3. The maximum absolute atomic E-state index is 12.7.